The van der Waals surface area contributed by atoms with Crippen molar-refractivity contribution in [2.45, 2.75) is 104 Å². The third-order valence-electron chi connectivity index (χ3n) is 11.3. The Bertz CT molecular complexity index is 1190. The summed E-state index contributed by atoms with van der Waals surface area (Å²) in [6, 6.07) is 0. The summed E-state index contributed by atoms with van der Waals surface area (Å²) in [5, 5.41) is 11.8. The fourth-order valence-electron chi connectivity index (χ4n) is 9.09. The van der Waals surface area contributed by atoms with Crippen molar-refractivity contribution >= 4 is 17.7 Å². The number of carbonyl (C=O) groups excluding carboxylic acids is 3. The van der Waals surface area contributed by atoms with Crippen LogP contribution in [0.4, 0.5) is 0 Å². The molecule has 4 aliphatic carbocycles. The SMILES string of the molecule is CC(=O)OC1CC2C3C4OC4C4(O)CC=CC(=O)C4(C)C3CCC2(C)C1=C(C)C1CC(C)=C(C)C(=O)O1. The van der Waals surface area contributed by atoms with E-state index in [2.05, 4.69) is 6.92 Å². The Morgan fingerprint density at radius 2 is 1.89 bits per heavy atom. The van der Waals surface area contributed by atoms with Crippen molar-refractivity contribution in [3.05, 3.63) is 34.4 Å². The first-order valence-corrected chi connectivity index (χ1v) is 13.7. The number of ether oxygens (including phenoxy) is 3. The van der Waals surface area contributed by atoms with E-state index < -0.39 is 17.1 Å². The molecule has 0 radical (unpaired) electrons. The number of rotatable bonds is 2. The molecule has 0 spiro atoms. The monoisotopic (exact) mass is 510 g/mol. The van der Waals surface area contributed by atoms with Gasteiger partial charge < -0.3 is 19.3 Å². The van der Waals surface area contributed by atoms with Gasteiger partial charge in [0.15, 0.2) is 5.78 Å². The number of cyclic esters (lactones) is 1. The van der Waals surface area contributed by atoms with Crippen molar-refractivity contribution in [1.82, 2.24) is 0 Å². The number of hydrogen-bond acceptors (Lipinski definition) is 7. The molecule has 6 rings (SSSR count). The number of epoxide rings is 1. The van der Waals surface area contributed by atoms with Crippen LogP contribution < -0.4 is 0 Å². The molecule has 3 saturated carbocycles. The van der Waals surface area contributed by atoms with E-state index in [1.165, 1.54) is 6.92 Å². The fraction of sp³-hybridized carbons (Fsp3) is 0.700. The maximum Gasteiger partial charge on any atom is 0.334 e. The van der Waals surface area contributed by atoms with Crippen LogP contribution in [0.1, 0.15) is 73.6 Å². The molecule has 0 amide bonds. The van der Waals surface area contributed by atoms with Crippen molar-refractivity contribution in [2.24, 2.45) is 28.6 Å². The van der Waals surface area contributed by atoms with Crippen molar-refractivity contribution < 1.29 is 33.7 Å². The lowest BCUT2D eigenvalue weighted by atomic mass is 9.44. The fourth-order valence-corrected chi connectivity index (χ4v) is 9.09. The van der Waals surface area contributed by atoms with Gasteiger partial charge in [0.1, 0.15) is 23.9 Å². The molecule has 6 aliphatic rings. The summed E-state index contributed by atoms with van der Waals surface area (Å²) in [6.45, 7) is 11.4. The van der Waals surface area contributed by atoms with Crippen LogP contribution in [0, 0.1) is 28.6 Å². The highest BCUT2D eigenvalue weighted by atomic mass is 16.6. The molecular weight excluding hydrogens is 472 g/mol. The van der Waals surface area contributed by atoms with Crippen LogP contribution >= 0.6 is 0 Å². The molecule has 7 nitrogen and oxygen atoms in total. The van der Waals surface area contributed by atoms with E-state index in [9.17, 15) is 19.5 Å². The first-order chi connectivity index (χ1) is 17.3. The molecule has 4 fully saturated rings. The van der Waals surface area contributed by atoms with Crippen LogP contribution in [0.2, 0.25) is 0 Å². The third kappa shape index (κ3) is 3.16. The molecule has 37 heavy (non-hydrogen) atoms. The summed E-state index contributed by atoms with van der Waals surface area (Å²) in [5.74, 6) is -0.464. The van der Waals surface area contributed by atoms with Crippen molar-refractivity contribution in [3.63, 3.8) is 0 Å². The molecule has 2 heterocycles. The van der Waals surface area contributed by atoms with Gasteiger partial charge in [-0.25, -0.2) is 4.79 Å². The third-order valence-corrected chi connectivity index (χ3v) is 11.3. The summed E-state index contributed by atoms with van der Waals surface area (Å²) >= 11 is 0. The normalized spacial score (nSPS) is 49.4. The van der Waals surface area contributed by atoms with Crippen molar-refractivity contribution in [3.8, 4) is 0 Å². The Labute approximate surface area is 218 Å². The Hall–Kier alpha value is -2.25. The quantitative estimate of drug-likeness (QED) is 0.340. The van der Waals surface area contributed by atoms with Crippen molar-refractivity contribution in [1.29, 1.82) is 0 Å². The molecule has 2 aliphatic heterocycles. The van der Waals surface area contributed by atoms with Gasteiger partial charge in [0.05, 0.1) is 11.5 Å². The molecule has 200 valence electrons. The van der Waals surface area contributed by atoms with Crippen LogP contribution in [0.15, 0.2) is 34.4 Å². The average Bonchev–Trinajstić information content (AvgIpc) is 3.57. The van der Waals surface area contributed by atoms with Crippen LogP contribution in [-0.4, -0.2) is 52.8 Å². The molecule has 0 aromatic carbocycles. The highest BCUT2D eigenvalue weighted by molar-refractivity contribution is 5.97. The number of esters is 2. The Morgan fingerprint density at radius 3 is 2.57 bits per heavy atom. The smallest absolute Gasteiger partial charge is 0.334 e. The summed E-state index contributed by atoms with van der Waals surface area (Å²) in [7, 11) is 0. The van der Waals surface area contributed by atoms with Crippen LogP contribution in [0.5, 0.6) is 0 Å². The molecule has 10 atom stereocenters. The van der Waals surface area contributed by atoms with Gasteiger partial charge in [0.2, 0.25) is 0 Å². The van der Waals surface area contributed by atoms with E-state index in [4.69, 9.17) is 14.2 Å². The van der Waals surface area contributed by atoms with E-state index in [0.717, 1.165) is 29.6 Å². The number of fused-ring (bicyclic) bond motifs is 8. The number of carbonyl (C=O) groups is 3. The number of ketones is 1. The van der Waals surface area contributed by atoms with E-state index in [1.807, 2.05) is 20.8 Å². The molecule has 1 saturated heterocycles. The Kier molecular flexibility index (Phi) is 5.34. The highest BCUT2D eigenvalue weighted by Gasteiger charge is 2.77. The van der Waals surface area contributed by atoms with Crippen LogP contribution in [0.3, 0.4) is 0 Å². The maximum absolute atomic E-state index is 13.4. The first-order valence-electron chi connectivity index (χ1n) is 13.7. The largest absolute Gasteiger partial charge is 0.458 e. The summed E-state index contributed by atoms with van der Waals surface area (Å²) < 4.78 is 18.0. The molecule has 0 aromatic rings. The lowest BCUT2D eigenvalue weighted by Crippen LogP contribution is -2.67. The lowest BCUT2D eigenvalue weighted by molar-refractivity contribution is -0.178. The molecule has 7 heteroatoms. The van der Waals surface area contributed by atoms with Gasteiger partial charge in [-0.05, 0) is 93.8 Å². The predicted octanol–water partition coefficient (Wildman–Crippen LogP) is 3.99. The van der Waals surface area contributed by atoms with Gasteiger partial charge >= 0.3 is 11.9 Å². The second-order valence-corrected chi connectivity index (χ2v) is 12.8. The molecule has 0 bridgehead atoms. The second-order valence-electron chi connectivity index (χ2n) is 12.8. The van der Waals surface area contributed by atoms with Gasteiger partial charge in [-0.2, -0.15) is 0 Å². The van der Waals surface area contributed by atoms with Crippen molar-refractivity contribution in [2.75, 3.05) is 0 Å². The standard InChI is InChI=1S/C30H38O7/c1-14-12-20(36-27(33)15(14)2)16(3)24-21(35-17(4)31)13-19-23-18(9-11-28(19,24)5)29(6)22(32)8-7-10-30(29,34)26-25(23)37-26/h7-8,18-21,23,25-26,34H,9-13H2,1-6H3. The minimum absolute atomic E-state index is 0.0120. The summed E-state index contributed by atoms with van der Waals surface area (Å²) in [6.07, 6.45) is 5.45. The number of allylic oxidation sites excluding steroid dienone is 1. The minimum atomic E-state index is -1.18. The Morgan fingerprint density at radius 1 is 1.16 bits per heavy atom. The lowest BCUT2D eigenvalue weighted by Gasteiger charge is -2.59. The maximum atomic E-state index is 13.4. The zero-order chi connectivity index (χ0) is 26.7. The zero-order valence-corrected chi connectivity index (χ0v) is 22.6. The zero-order valence-electron chi connectivity index (χ0n) is 22.6. The van der Waals surface area contributed by atoms with Gasteiger partial charge in [-0.15, -0.1) is 0 Å². The molecule has 1 N–H and O–H groups in total. The number of aliphatic hydroxyl groups is 1. The summed E-state index contributed by atoms with van der Waals surface area (Å²) in [5.41, 5.74) is 1.34. The van der Waals surface area contributed by atoms with Gasteiger partial charge in [0, 0.05) is 18.9 Å². The topological polar surface area (TPSA) is 102 Å². The van der Waals surface area contributed by atoms with E-state index in [0.29, 0.717) is 24.8 Å². The van der Waals surface area contributed by atoms with Crippen LogP contribution in [-0.2, 0) is 28.6 Å². The first kappa shape index (κ1) is 25.1. The van der Waals surface area contributed by atoms with E-state index in [-0.39, 0.29) is 59.2 Å². The average molecular weight is 511 g/mol. The predicted molar refractivity (Wildman–Crippen MR) is 134 cm³/mol. The highest BCUT2D eigenvalue weighted by Crippen LogP contribution is 2.71. The summed E-state index contributed by atoms with van der Waals surface area (Å²) in [4.78, 5) is 38.2. The number of hydrogen-bond donors (Lipinski definition) is 1. The molecule has 10 unspecified atom stereocenters. The second kappa shape index (κ2) is 7.89. The molecule has 0 aromatic heterocycles. The minimum Gasteiger partial charge on any atom is -0.458 e. The van der Waals surface area contributed by atoms with E-state index in [1.54, 1.807) is 19.1 Å². The van der Waals surface area contributed by atoms with E-state index >= 15 is 0 Å². The van der Waals surface area contributed by atoms with Crippen LogP contribution in [0.25, 0.3) is 0 Å². The van der Waals surface area contributed by atoms with Gasteiger partial charge in [-0.1, -0.05) is 18.6 Å². The Balaban J connectivity index is 1.43. The van der Waals surface area contributed by atoms with Gasteiger partial charge in [0.25, 0.3) is 0 Å². The molecular formula is C30H38O7. The van der Waals surface area contributed by atoms with Gasteiger partial charge in [-0.3, -0.25) is 9.59 Å².